The molecule has 0 radical (unpaired) electrons. The van der Waals surface area contributed by atoms with Gasteiger partial charge in [-0.3, -0.25) is 0 Å². The molecule has 90 valence electrons. The third kappa shape index (κ3) is 2.34. The molecular formula is C9H9F4NOS. The summed E-state index contributed by atoms with van der Waals surface area (Å²) in [6, 6.07) is 0. The van der Waals surface area contributed by atoms with Crippen LogP contribution in [-0.2, 0) is 0 Å². The predicted octanol–water partition coefficient (Wildman–Crippen LogP) is 2.68. The van der Waals surface area contributed by atoms with Crippen molar-refractivity contribution in [3.05, 3.63) is 23.3 Å². The molecule has 0 amide bonds. The Bertz CT molecular complexity index is 371. The van der Waals surface area contributed by atoms with Crippen molar-refractivity contribution in [2.45, 2.75) is 6.42 Å². The minimum atomic E-state index is -1.81. The second-order valence-electron chi connectivity index (χ2n) is 2.98. The summed E-state index contributed by atoms with van der Waals surface area (Å²) in [5.41, 5.74) is -0.922. The molecule has 1 rings (SSSR count). The quantitative estimate of drug-likeness (QED) is 0.254. The van der Waals surface area contributed by atoms with Crippen molar-refractivity contribution in [1.82, 2.24) is 0 Å². The van der Waals surface area contributed by atoms with E-state index in [0.717, 1.165) is 0 Å². The SMILES string of the molecule is Oc1c(F)c(F)c(NCCCS)c(F)c1F. The number of thiol groups is 1. The van der Waals surface area contributed by atoms with Crippen molar-refractivity contribution >= 4 is 18.3 Å². The Morgan fingerprint density at radius 3 is 1.94 bits per heavy atom. The van der Waals surface area contributed by atoms with Gasteiger partial charge in [0.2, 0.25) is 11.6 Å². The van der Waals surface area contributed by atoms with Gasteiger partial charge in [0, 0.05) is 6.54 Å². The van der Waals surface area contributed by atoms with Gasteiger partial charge >= 0.3 is 0 Å². The van der Waals surface area contributed by atoms with Crippen LogP contribution in [0.2, 0.25) is 0 Å². The Morgan fingerprint density at radius 2 is 1.50 bits per heavy atom. The van der Waals surface area contributed by atoms with Crippen molar-refractivity contribution in [2.75, 3.05) is 17.6 Å². The Kier molecular flexibility index (Phi) is 4.28. The van der Waals surface area contributed by atoms with E-state index in [1.54, 1.807) is 0 Å². The zero-order chi connectivity index (χ0) is 12.3. The molecule has 0 aliphatic rings. The second kappa shape index (κ2) is 5.29. The first-order chi connectivity index (χ1) is 7.50. The van der Waals surface area contributed by atoms with Crippen LogP contribution in [-0.4, -0.2) is 17.4 Å². The van der Waals surface area contributed by atoms with E-state index in [1.165, 1.54) is 0 Å². The van der Waals surface area contributed by atoms with Gasteiger partial charge in [0.05, 0.1) is 0 Å². The molecule has 0 unspecified atom stereocenters. The summed E-state index contributed by atoms with van der Waals surface area (Å²) in [6.07, 6.45) is 0.464. The number of phenols is 1. The highest BCUT2D eigenvalue weighted by molar-refractivity contribution is 7.80. The van der Waals surface area contributed by atoms with Gasteiger partial charge < -0.3 is 10.4 Å². The van der Waals surface area contributed by atoms with Crippen LogP contribution >= 0.6 is 12.6 Å². The maximum atomic E-state index is 13.1. The van der Waals surface area contributed by atoms with Crippen LogP contribution in [0, 0.1) is 23.3 Å². The first kappa shape index (κ1) is 13.0. The molecule has 2 N–H and O–H groups in total. The molecule has 7 heteroatoms. The van der Waals surface area contributed by atoms with Gasteiger partial charge in [-0.1, -0.05) is 0 Å². The minimum Gasteiger partial charge on any atom is -0.503 e. The van der Waals surface area contributed by atoms with Gasteiger partial charge in [0.15, 0.2) is 17.4 Å². The zero-order valence-corrected chi connectivity index (χ0v) is 8.92. The lowest BCUT2D eigenvalue weighted by Crippen LogP contribution is -2.09. The summed E-state index contributed by atoms with van der Waals surface area (Å²) in [5, 5.41) is 10.9. The van der Waals surface area contributed by atoms with Gasteiger partial charge in [0.25, 0.3) is 0 Å². The van der Waals surface area contributed by atoms with Gasteiger partial charge in [0.1, 0.15) is 5.69 Å². The van der Waals surface area contributed by atoms with Crippen LogP contribution in [0.4, 0.5) is 23.2 Å². The van der Waals surface area contributed by atoms with Gasteiger partial charge in [-0.25, -0.2) is 8.78 Å². The van der Waals surface area contributed by atoms with Gasteiger partial charge in [-0.05, 0) is 12.2 Å². The Hall–Kier alpha value is -1.11. The number of hydrogen-bond acceptors (Lipinski definition) is 3. The van der Waals surface area contributed by atoms with E-state index in [9.17, 15) is 17.6 Å². The van der Waals surface area contributed by atoms with Crippen molar-refractivity contribution in [1.29, 1.82) is 0 Å². The summed E-state index contributed by atoms with van der Waals surface area (Å²) in [6.45, 7) is 0.112. The fourth-order valence-electron chi connectivity index (χ4n) is 1.07. The summed E-state index contributed by atoms with van der Waals surface area (Å²) in [4.78, 5) is 0. The minimum absolute atomic E-state index is 0.112. The lowest BCUT2D eigenvalue weighted by Gasteiger charge is -2.10. The molecule has 1 aromatic rings. The number of rotatable bonds is 4. The van der Waals surface area contributed by atoms with E-state index in [4.69, 9.17) is 5.11 Å². The number of aromatic hydroxyl groups is 1. The van der Waals surface area contributed by atoms with E-state index >= 15 is 0 Å². The molecule has 0 saturated carbocycles. The number of halogens is 4. The average molecular weight is 255 g/mol. The number of benzene rings is 1. The molecule has 0 aliphatic carbocycles. The van der Waals surface area contributed by atoms with Crippen molar-refractivity contribution in [3.63, 3.8) is 0 Å². The lowest BCUT2D eigenvalue weighted by atomic mass is 10.2. The topological polar surface area (TPSA) is 32.3 Å². The molecule has 0 bridgehead atoms. The van der Waals surface area contributed by atoms with Crippen molar-refractivity contribution < 1.29 is 22.7 Å². The zero-order valence-electron chi connectivity index (χ0n) is 8.03. The Labute approximate surface area is 94.7 Å². The smallest absolute Gasteiger partial charge is 0.205 e. The van der Waals surface area contributed by atoms with E-state index in [1.807, 2.05) is 0 Å². The first-order valence-electron chi connectivity index (χ1n) is 4.40. The normalized spacial score (nSPS) is 10.6. The van der Waals surface area contributed by atoms with Crippen LogP contribution < -0.4 is 5.32 Å². The molecule has 0 spiro atoms. The molecule has 0 aliphatic heterocycles. The lowest BCUT2D eigenvalue weighted by molar-refractivity contribution is 0.358. The Balaban J connectivity index is 3.08. The van der Waals surface area contributed by atoms with Crippen LogP contribution in [0.5, 0.6) is 5.75 Å². The van der Waals surface area contributed by atoms with Crippen LogP contribution in [0.3, 0.4) is 0 Å². The molecule has 0 atom stereocenters. The predicted molar refractivity (Wildman–Crippen MR) is 54.9 cm³/mol. The van der Waals surface area contributed by atoms with Crippen molar-refractivity contribution in [3.8, 4) is 5.75 Å². The summed E-state index contributed by atoms with van der Waals surface area (Å²) in [5.74, 6) is -8.11. The van der Waals surface area contributed by atoms with E-state index in [0.29, 0.717) is 12.2 Å². The first-order valence-corrected chi connectivity index (χ1v) is 5.03. The highest BCUT2D eigenvalue weighted by atomic mass is 32.1. The standard InChI is InChI=1S/C9H9F4NOS/c10-4-6(12)9(15)7(13)5(11)8(4)14-2-1-3-16/h14-16H,1-3H2. The fraction of sp³-hybridized carbons (Fsp3) is 0.333. The van der Waals surface area contributed by atoms with Gasteiger partial charge in [-0.2, -0.15) is 21.4 Å². The van der Waals surface area contributed by atoms with Crippen LogP contribution in [0.1, 0.15) is 6.42 Å². The molecule has 0 aromatic heterocycles. The average Bonchev–Trinajstić information content (AvgIpc) is 2.28. The maximum absolute atomic E-state index is 13.1. The summed E-state index contributed by atoms with van der Waals surface area (Å²) < 4.78 is 51.9. The van der Waals surface area contributed by atoms with E-state index in [2.05, 4.69) is 17.9 Å². The third-order valence-electron chi connectivity index (χ3n) is 1.88. The molecule has 2 nitrogen and oxygen atoms in total. The monoisotopic (exact) mass is 255 g/mol. The van der Waals surface area contributed by atoms with E-state index < -0.39 is 34.7 Å². The van der Waals surface area contributed by atoms with Crippen molar-refractivity contribution in [2.24, 2.45) is 0 Å². The summed E-state index contributed by atoms with van der Waals surface area (Å²) >= 11 is 3.86. The molecule has 16 heavy (non-hydrogen) atoms. The maximum Gasteiger partial charge on any atom is 0.205 e. The molecule has 0 fully saturated rings. The van der Waals surface area contributed by atoms with Crippen LogP contribution in [0.15, 0.2) is 0 Å². The number of phenolic OH excluding ortho intramolecular Hbond substituents is 1. The third-order valence-corrected chi connectivity index (χ3v) is 2.19. The largest absolute Gasteiger partial charge is 0.503 e. The fourth-order valence-corrected chi connectivity index (χ4v) is 1.23. The van der Waals surface area contributed by atoms with Gasteiger partial charge in [-0.15, -0.1) is 0 Å². The second-order valence-corrected chi connectivity index (χ2v) is 3.43. The number of anilines is 1. The number of hydrogen-bond donors (Lipinski definition) is 3. The Morgan fingerprint density at radius 1 is 1.00 bits per heavy atom. The molecule has 0 saturated heterocycles. The van der Waals surface area contributed by atoms with E-state index in [-0.39, 0.29) is 6.54 Å². The molecule has 0 heterocycles. The highest BCUT2D eigenvalue weighted by Crippen LogP contribution is 2.31. The summed E-state index contributed by atoms with van der Waals surface area (Å²) in [7, 11) is 0. The molecule has 1 aromatic carbocycles. The van der Waals surface area contributed by atoms with Crippen LogP contribution in [0.25, 0.3) is 0 Å². The highest BCUT2D eigenvalue weighted by Gasteiger charge is 2.24. The number of nitrogens with one attached hydrogen (secondary N) is 1. The molecular weight excluding hydrogens is 246 g/mol.